The van der Waals surface area contributed by atoms with Crippen LogP contribution >= 0.6 is 0 Å². The average molecular weight is 346 g/mol. The van der Waals surface area contributed by atoms with Crippen LogP contribution in [-0.2, 0) is 4.74 Å². The van der Waals surface area contributed by atoms with E-state index in [1.807, 2.05) is 6.07 Å². The van der Waals surface area contributed by atoms with Gasteiger partial charge in [-0.05, 0) is 12.1 Å². The van der Waals surface area contributed by atoms with Crippen molar-refractivity contribution in [2.24, 2.45) is 0 Å². The molecule has 4 rings (SSSR count). The second-order valence-electron chi connectivity index (χ2n) is 5.75. The highest BCUT2D eigenvalue weighted by Crippen LogP contribution is 2.24. The molecule has 10 nitrogen and oxygen atoms in total. The Labute approximate surface area is 140 Å². The molecule has 0 aromatic carbocycles. The van der Waals surface area contributed by atoms with Crippen LogP contribution in [-0.4, -0.2) is 60.8 Å². The van der Waals surface area contributed by atoms with E-state index in [0.29, 0.717) is 15.6 Å². The molecule has 1 aliphatic heterocycles. The predicted molar refractivity (Wildman–Crippen MR) is 85.2 cm³/mol. The Morgan fingerprint density at radius 2 is 2.12 bits per heavy atom. The van der Waals surface area contributed by atoms with Gasteiger partial charge in [-0.25, -0.2) is 9.97 Å². The molecule has 10 heteroatoms. The van der Waals surface area contributed by atoms with Crippen LogP contribution in [0.5, 0.6) is 0 Å². The lowest BCUT2D eigenvalue weighted by molar-refractivity contribution is -0.462. The van der Waals surface area contributed by atoms with E-state index in [0.717, 1.165) is 0 Å². The summed E-state index contributed by atoms with van der Waals surface area (Å²) in [6, 6.07) is 5.39. The number of aliphatic hydroxyl groups excluding tert-OH is 3. The number of aromatic nitrogens is 4. The standard InChI is InChI=1S/C15H16N5O5/c21-6-9-11(22)12(23)15(25-9)18-13-10-14(17-7-16-13)19-4-2-1-3-8(19)5-20(10)24/h1-5,7,9,11-12,15,21-23H,6H2,(H,16,17,18)/q+1/t9-,11-,12-,15-/m1/s1. The molecule has 4 atom stereocenters. The molecule has 130 valence electrons. The summed E-state index contributed by atoms with van der Waals surface area (Å²) in [5.41, 5.74) is 1.18. The molecule has 1 saturated heterocycles. The molecule has 25 heavy (non-hydrogen) atoms. The van der Waals surface area contributed by atoms with Gasteiger partial charge in [0.05, 0.1) is 11.0 Å². The van der Waals surface area contributed by atoms with Gasteiger partial charge in [-0.3, -0.25) is 4.40 Å². The Kier molecular flexibility index (Phi) is 3.81. The Balaban J connectivity index is 1.81. The summed E-state index contributed by atoms with van der Waals surface area (Å²) >= 11 is 0. The van der Waals surface area contributed by atoms with Gasteiger partial charge in [0.15, 0.2) is 6.23 Å². The van der Waals surface area contributed by atoms with Gasteiger partial charge in [0.25, 0.3) is 6.20 Å². The third kappa shape index (κ3) is 2.51. The largest absolute Gasteiger partial charge is 0.394 e. The first-order valence-corrected chi connectivity index (χ1v) is 7.66. The van der Waals surface area contributed by atoms with Crippen molar-refractivity contribution in [3.05, 3.63) is 41.8 Å². The number of fused-ring (bicyclic) bond motifs is 3. The SMILES string of the molecule is O=[n+]1cc2ccccn2c2ncnc(N[C@@H]3O[C@H](CO)[C@@H](O)[C@H]3O)c21. The summed E-state index contributed by atoms with van der Waals surface area (Å²) in [5, 5.41) is 31.9. The third-order valence-electron chi connectivity index (χ3n) is 4.21. The van der Waals surface area contributed by atoms with E-state index in [1.54, 1.807) is 22.7 Å². The van der Waals surface area contributed by atoms with Gasteiger partial charge in [0.2, 0.25) is 11.5 Å². The number of hydrogen-bond donors (Lipinski definition) is 4. The molecule has 0 radical (unpaired) electrons. The number of nitrogens with zero attached hydrogens (tertiary/aromatic N) is 4. The highest BCUT2D eigenvalue weighted by molar-refractivity contribution is 5.80. The number of anilines is 1. The normalized spacial score (nSPS) is 26.4. The summed E-state index contributed by atoms with van der Waals surface area (Å²) in [6.45, 7) is -0.441. The molecule has 1 aliphatic rings. The van der Waals surface area contributed by atoms with Gasteiger partial charge >= 0.3 is 5.52 Å². The second-order valence-corrected chi connectivity index (χ2v) is 5.75. The maximum Gasteiger partial charge on any atom is 0.347 e. The van der Waals surface area contributed by atoms with E-state index in [4.69, 9.17) is 9.84 Å². The van der Waals surface area contributed by atoms with Crippen LogP contribution in [0.4, 0.5) is 5.82 Å². The number of aliphatic hydroxyl groups is 3. The zero-order valence-corrected chi connectivity index (χ0v) is 12.9. The third-order valence-corrected chi connectivity index (χ3v) is 4.21. The van der Waals surface area contributed by atoms with Gasteiger partial charge in [0, 0.05) is 11.1 Å². The highest BCUT2D eigenvalue weighted by Gasteiger charge is 2.43. The monoisotopic (exact) mass is 346 g/mol. The summed E-state index contributed by atoms with van der Waals surface area (Å²) in [5.74, 6) is 0.146. The van der Waals surface area contributed by atoms with Crippen LogP contribution < -0.4 is 9.74 Å². The first-order valence-electron chi connectivity index (χ1n) is 7.66. The summed E-state index contributed by atoms with van der Waals surface area (Å²) < 4.78 is 7.74. The molecule has 1 fully saturated rings. The molecule has 3 aromatic rings. The lowest BCUT2D eigenvalue weighted by Gasteiger charge is -2.16. The van der Waals surface area contributed by atoms with Gasteiger partial charge in [-0.2, -0.15) is 0 Å². The molecule has 0 spiro atoms. The molecule has 0 unspecified atom stereocenters. The minimum absolute atomic E-state index is 0.146. The van der Waals surface area contributed by atoms with Crippen molar-refractivity contribution in [3.8, 4) is 0 Å². The molecule has 0 bridgehead atoms. The van der Waals surface area contributed by atoms with Gasteiger partial charge in [0.1, 0.15) is 30.2 Å². The summed E-state index contributed by atoms with van der Waals surface area (Å²) in [7, 11) is 0. The van der Waals surface area contributed by atoms with Crippen LogP contribution in [0.15, 0.2) is 36.9 Å². The fraction of sp³-hybridized carbons (Fsp3) is 0.333. The second kappa shape index (κ2) is 6.01. The van der Waals surface area contributed by atoms with Crippen molar-refractivity contribution in [3.63, 3.8) is 0 Å². The minimum atomic E-state index is -1.28. The molecule has 4 heterocycles. The van der Waals surface area contributed by atoms with Gasteiger partial charge < -0.3 is 25.4 Å². The Morgan fingerprint density at radius 3 is 2.88 bits per heavy atom. The van der Waals surface area contributed by atoms with Gasteiger partial charge in [-0.15, -0.1) is 0 Å². The Morgan fingerprint density at radius 1 is 1.28 bits per heavy atom. The van der Waals surface area contributed by atoms with Crippen LogP contribution in [0, 0.1) is 4.91 Å². The predicted octanol–water partition coefficient (Wildman–Crippen LogP) is -1.35. The van der Waals surface area contributed by atoms with E-state index in [-0.39, 0.29) is 11.3 Å². The topological polar surface area (TPSA) is 135 Å². The molecular weight excluding hydrogens is 330 g/mol. The molecule has 4 N–H and O–H groups in total. The van der Waals surface area contributed by atoms with Crippen molar-refractivity contribution in [1.82, 2.24) is 14.4 Å². The van der Waals surface area contributed by atoms with Crippen molar-refractivity contribution < 1.29 is 24.5 Å². The van der Waals surface area contributed by atoms with Crippen LogP contribution in [0.25, 0.3) is 16.7 Å². The lowest BCUT2D eigenvalue weighted by atomic mass is 10.1. The average Bonchev–Trinajstić information content (AvgIpc) is 2.90. The number of nitrogens with one attached hydrogen (secondary N) is 1. The summed E-state index contributed by atoms with van der Waals surface area (Å²) in [6.07, 6.45) is -0.0435. The van der Waals surface area contributed by atoms with Crippen LogP contribution in [0.1, 0.15) is 0 Å². The quantitative estimate of drug-likeness (QED) is 0.338. The Bertz CT molecular complexity index is 993. The maximum atomic E-state index is 12.4. The molecule has 3 aromatic heterocycles. The number of pyridine rings is 1. The minimum Gasteiger partial charge on any atom is -0.394 e. The van der Waals surface area contributed by atoms with Crippen molar-refractivity contribution in [1.29, 1.82) is 0 Å². The molecule has 0 amide bonds. The first kappa shape index (κ1) is 15.8. The lowest BCUT2D eigenvalue weighted by Crippen LogP contribution is -2.37. The fourth-order valence-corrected chi connectivity index (χ4v) is 2.95. The van der Waals surface area contributed by atoms with Crippen molar-refractivity contribution in [2.45, 2.75) is 24.5 Å². The highest BCUT2D eigenvalue weighted by atomic mass is 16.6. The van der Waals surface area contributed by atoms with Crippen molar-refractivity contribution in [2.75, 3.05) is 11.9 Å². The van der Waals surface area contributed by atoms with E-state index in [1.165, 1.54) is 12.5 Å². The number of hydrogen-bond acceptors (Lipinski definition) is 8. The number of rotatable bonds is 3. The van der Waals surface area contributed by atoms with E-state index >= 15 is 0 Å². The Hall–Kier alpha value is -2.66. The van der Waals surface area contributed by atoms with Crippen LogP contribution in [0.3, 0.4) is 0 Å². The molecule has 0 aliphatic carbocycles. The van der Waals surface area contributed by atoms with Crippen LogP contribution in [0.2, 0.25) is 0 Å². The molecular formula is C15H16N5O5+. The van der Waals surface area contributed by atoms with Gasteiger partial charge in [-0.1, -0.05) is 6.07 Å². The molecule has 0 saturated carbocycles. The van der Waals surface area contributed by atoms with E-state index in [9.17, 15) is 15.1 Å². The number of ether oxygens (including phenoxy) is 1. The summed E-state index contributed by atoms with van der Waals surface area (Å²) in [4.78, 5) is 20.7. The zero-order chi connectivity index (χ0) is 17.6. The van der Waals surface area contributed by atoms with Crippen molar-refractivity contribution >= 4 is 22.5 Å². The van der Waals surface area contributed by atoms with E-state index in [2.05, 4.69) is 15.3 Å². The smallest absolute Gasteiger partial charge is 0.347 e. The zero-order valence-electron chi connectivity index (χ0n) is 12.9. The first-order chi connectivity index (χ1) is 12.1. The maximum absolute atomic E-state index is 12.4. The fourth-order valence-electron chi connectivity index (χ4n) is 2.95. The van der Waals surface area contributed by atoms with E-state index < -0.39 is 31.1 Å².